The molecule has 0 aliphatic carbocycles. The average molecular weight is 442 g/mol. The first-order valence-electron chi connectivity index (χ1n) is 7.24. The van der Waals surface area contributed by atoms with Crippen molar-refractivity contribution in [1.82, 2.24) is 5.43 Å². The van der Waals surface area contributed by atoms with Crippen LogP contribution in [0.3, 0.4) is 0 Å². The van der Waals surface area contributed by atoms with Crippen LogP contribution in [0.5, 0.6) is 11.5 Å². The number of carbonyl (C=O) groups excluding carboxylic acids is 1. The molecule has 0 amide bonds. The summed E-state index contributed by atoms with van der Waals surface area (Å²) in [7, 11) is 2.89. The quantitative estimate of drug-likeness (QED) is 0.372. The maximum absolute atomic E-state index is 11.2. The number of halogens is 1. The topological polar surface area (TPSA) is 68.8 Å². The second kappa shape index (κ2) is 9.33. The van der Waals surface area contributed by atoms with Crippen molar-refractivity contribution in [3.05, 3.63) is 51.6 Å². The van der Waals surface area contributed by atoms with Crippen molar-refractivity contribution in [1.29, 1.82) is 0 Å². The third kappa shape index (κ3) is 5.27. The van der Waals surface area contributed by atoms with Gasteiger partial charge in [-0.15, -0.1) is 0 Å². The van der Waals surface area contributed by atoms with Gasteiger partial charge >= 0.3 is 5.97 Å². The first-order valence-corrected chi connectivity index (χ1v) is 8.32. The van der Waals surface area contributed by atoms with Crippen LogP contribution in [0.4, 0.5) is 5.69 Å². The van der Waals surface area contributed by atoms with Crippen molar-refractivity contribution in [2.45, 2.75) is 6.54 Å². The van der Waals surface area contributed by atoms with E-state index in [-0.39, 0.29) is 6.61 Å². The molecule has 2 aromatic carbocycles. The van der Waals surface area contributed by atoms with Gasteiger partial charge in [0, 0.05) is 12.2 Å². The Kier molecular flexibility index (Phi) is 7.13. The molecule has 2 rings (SSSR count). The molecule has 2 aromatic rings. The Morgan fingerprint density at radius 1 is 1.17 bits per heavy atom. The molecule has 0 heterocycles. The summed E-state index contributed by atoms with van der Waals surface area (Å²) in [5.41, 5.74) is 8.28. The van der Waals surface area contributed by atoms with E-state index < -0.39 is 5.97 Å². The van der Waals surface area contributed by atoms with Gasteiger partial charge < -0.3 is 19.6 Å². The lowest BCUT2D eigenvalue weighted by atomic mass is 10.2. The number of ether oxygens (including phenoxy) is 3. The van der Waals surface area contributed by atoms with Crippen molar-refractivity contribution < 1.29 is 19.0 Å². The summed E-state index contributed by atoms with van der Waals surface area (Å²) >= 11 is 2.15. The van der Waals surface area contributed by atoms with Crippen LogP contribution in [-0.2, 0) is 16.1 Å². The molecule has 24 heavy (non-hydrogen) atoms. The summed E-state index contributed by atoms with van der Waals surface area (Å²) in [6.07, 6.45) is 0. The monoisotopic (exact) mass is 442 g/mol. The van der Waals surface area contributed by atoms with Crippen LogP contribution in [0.2, 0.25) is 0 Å². The van der Waals surface area contributed by atoms with Crippen molar-refractivity contribution in [2.24, 2.45) is 0 Å². The predicted molar refractivity (Wildman–Crippen MR) is 100 cm³/mol. The highest BCUT2D eigenvalue weighted by Gasteiger charge is 2.13. The molecule has 2 N–H and O–H groups in total. The van der Waals surface area contributed by atoms with Crippen LogP contribution < -0.4 is 20.3 Å². The van der Waals surface area contributed by atoms with E-state index >= 15 is 0 Å². The van der Waals surface area contributed by atoms with E-state index in [1.165, 1.54) is 7.11 Å². The molecule has 0 atom stereocenters. The third-order valence-electron chi connectivity index (χ3n) is 3.15. The smallest absolute Gasteiger partial charge is 0.343 e. The fourth-order valence-corrected chi connectivity index (χ4v) is 2.80. The van der Waals surface area contributed by atoms with E-state index in [1.807, 2.05) is 42.5 Å². The number of hydrogen-bond donors (Lipinski definition) is 2. The molecule has 7 heteroatoms. The minimum atomic E-state index is -0.439. The molecule has 0 aliphatic rings. The highest BCUT2D eigenvalue weighted by atomic mass is 127. The zero-order valence-corrected chi connectivity index (χ0v) is 15.6. The highest BCUT2D eigenvalue weighted by Crippen LogP contribution is 2.34. The van der Waals surface area contributed by atoms with Crippen molar-refractivity contribution in [2.75, 3.05) is 26.3 Å². The number of esters is 1. The predicted octanol–water partition coefficient (Wildman–Crippen LogP) is 2.97. The Bertz CT molecular complexity index is 680. The van der Waals surface area contributed by atoms with Crippen LogP contribution in [0.25, 0.3) is 0 Å². The molecule has 0 radical (unpaired) electrons. The van der Waals surface area contributed by atoms with Gasteiger partial charge in [-0.1, -0.05) is 18.2 Å². The lowest BCUT2D eigenvalue weighted by Crippen LogP contribution is -2.21. The highest BCUT2D eigenvalue weighted by molar-refractivity contribution is 14.1. The van der Waals surface area contributed by atoms with Gasteiger partial charge in [-0.25, -0.2) is 10.2 Å². The summed E-state index contributed by atoms with van der Waals surface area (Å²) in [6.45, 7) is 0.439. The van der Waals surface area contributed by atoms with Crippen molar-refractivity contribution in [3.8, 4) is 11.5 Å². The summed E-state index contributed by atoms with van der Waals surface area (Å²) < 4.78 is 16.3. The van der Waals surface area contributed by atoms with Crippen molar-refractivity contribution in [3.63, 3.8) is 0 Å². The van der Waals surface area contributed by atoms with Gasteiger partial charge in [-0.3, -0.25) is 0 Å². The molecule has 128 valence electrons. The van der Waals surface area contributed by atoms with Gasteiger partial charge in [0.05, 0.1) is 17.8 Å². The van der Waals surface area contributed by atoms with E-state index in [0.29, 0.717) is 18.0 Å². The number of hydrogen-bond acceptors (Lipinski definition) is 6. The number of nitrogens with one attached hydrogen (secondary N) is 2. The lowest BCUT2D eigenvalue weighted by molar-refractivity contribution is -0.142. The maximum atomic E-state index is 11.2. The SMILES string of the molecule is COC(=O)COc1c(I)cc(CNNc2ccccc2)cc1OC. The molecular weight excluding hydrogens is 423 g/mol. The molecule has 0 spiro atoms. The number of methoxy groups -OCH3 is 2. The van der Waals surface area contributed by atoms with Gasteiger partial charge in [0.2, 0.25) is 0 Å². The molecule has 0 aromatic heterocycles. The Morgan fingerprint density at radius 2 is 1.92 bits per heavy atom. The van der Waals surface area contributed by atoms with Crippen LogP contribution in [-0.4, -0.2) is 26.8 Å². The molecule has 0 bridgehead atoms. The molecule has 6 nitrogen and oxygen atoms in total. The van der Waals surface area contributed by atoms with Crippen LogP contribution in [0, 0.1) is 3.57 Å². The maximum Gasteiger partial charge on any atom is 0.343 e. The van der Waals surface area contributed by atoms with E-state index in [9.17, 15) is 4.79 Å². The largest absolute Gasteiger partial charge is 0.493 e. The van der Waals surface area contributed by atoms with Crippen LogP contribution in [0.15, 0.2) is 42.5 Å². The van der Waals surface area contributed by atoms with Crippen molar-refractivity contribution >= 4 is 34.2 Å². The first-order chi connectivity index (χ1) is 11.6. The second-order valence-corrected chi connectivity index (χ2v) is 5.98. The van der Waals surface area contributed by atoms with E-state index in [4.69, 9.17) is 9.47 Å². The average Bonchev–Trinajstić information content (AvgIpc) is 2.61. The normalized spacial score (nSPS) is 10.1. The fraction of sp³-hybridized carbons (Fsp3) is 0.235. The molecule has 0 saturated heterocycles. The van der Waals surface area contributed by atoms with Gasteiger partial charge in [-0.2, -0.15) is 0 Å². The summed E-state index contributed by atoms with van der Waals surface area (Å²) in [5.74, 6) is 0.663. The number of benzene rings is 2. The van der Waals surface area contributed by atoms with Gasteiger partial charge in [0.15, 0.2) is 18.1 Å². The first kappa shape index (κ1) is 18.3. The molecule has 0 fully saturated rings. The van der Waals surface area contributed by atoms with E-state index in [0.717, 1.165) is 14.8 Å². The van der Waals surface area contributed by atoms with Gasteiger partial charge in [0.1, 0.15) is 0 Å². The number of hydrazine groups is 1. The Balaban J connectivity index is 2.01. The zero-order valence-electron chi connectivity index (χ0n) is 13.5. The standard InChI is InChI=1S/C17H19IN2O4/c1-22-15-9-12(10-19-20-13-6-4-3-5-7-13)8-14(18)17(15)24-11-16(21)23-2/h3-9,19-20H,10-11H2,1-2H3. The zero-order chi connectivity index (χ0) is 17.4. The van der Waals surface area contributed by atoms with Crippen LogP contribution in [0.1, 0.15) is 5.56 Å². The summed E-state index contributed by atoms with van der Waals surface area (Å²) in [6, 6.07) is 13.7. The minimum absolute atomic E-state index is 0.157. The summed E-state index contributed by atoms with van der Waals surface area (Å²) in [4.78, 5) is 11.2. The Hall–Kier alpha value is -2.00. The molecule has 0 saturated carbocycles. The minimum Gasteiger partial charge on any atom is -0.493 e. The summed E-state index contributed by atoms with van der Waals surface area (Å²) in [5, 5.41) is 0. The van der Waals surface area contributed by atoms with Crippen LogP contribution >= 0.6 is 22.6 Å². The molecule has 0 unspecified atom stereocenters. The fourth-order valence-electron chi connectivity index (χ4n) is 1.98. The molecular formula is C17H19IN2O4. The second-order valence-electron chi connectivity index (χ2n) is 4.82. The number of anilines is 1. The number of carbonyl (C=O) groups is 1. The Labute approximate surface area is 154 Å². The third-order valence-corrected chi connectivity index (χ3v) is 3.95. The lowest BCUT2D eigenvalue weighted by Gasteiger charge is -2.14. The number of rotatable bonds is 8. The van der Waals surface area contributed by atoms with E-state index in [2.05, 4.69) is 38.2 Å². The van der Waals surface area contributed by atoms with Gasteiger partial charge in [0.25, 0.3) is 0 Å². The van der Waals surface area contributed by atoms with E-state index in [1.54, 1.807) is 7.11 Å². The Morgan fingerprint density at radius 3 is 2.58 bits per heavy atom. The molecule has 0 aliphatic heterocycles. The number of para-hydroxylation sites is 1. The van der Waals surface area contributed by atoms with Gasteiger partial charge in [-0.05, 0) is 52.4 Å².